The van der Waals surface area contributed by atoms with Gasteiger partial charge in [-0.05, 0) is 47.9 Å². The number of aromatic nitrogens is 1. The molecule has 0 fully saturated rings. The zero-order valence-corrected chi connectivity index (χ0v) is 15.3. The van der Waals surface area contributed by atoms with E-state index in [1.807, 2.05) is 0 Å². The van der Waals surface area contributed by atoms with Gasteiger partial charge >= 0.3 is 0 Å². The smallest absolute Gasteiger partial charge is 0.273 e. The molecule has 0 aliphatic heterocycles. The SMILES string of the molecule is O=C1c2ccccc2C(=O)c2c1ccc1c(=O)n(-c3ccc(Cl)cc3)sc21. The van der Waals surface area contributed by atoms with Crippen molar-refractivity contribution in [2.75, 3.05) is 0 Å². The molecule has 0 saturated heterocycles. The summed E-state index contributed by atoms with van der Waals surface area (Å²) >= 11 is 7.10. The number of benzene rings is 3. The van der Waals surface area contributed by atoms with E-state index in [4.69, 9.17) is 11.6 Å². The Kier molecular flexibility index (Phi) is 3.44. The summed E-state index contributed by atoms with van der Waals surface area (Å²) in [6.07, 6.45) is 0. The summed E-state index contributed by atoms with van der Waals surface area (Å²) in [5.74, 6) is -0.420. The minimum Gasteiger partial charge on any atom is -0.289 e. The number of rotatable bonds is 1. The van der Waals surface area contributed by atoms with Gasteiger partial charge in [0.05, 0.1) is 21.3 Å². The van der Waals surface area contributed by atoms with Crippen LogP contribution in [-0.2, 0) is 0 Å². The fourth-order valence-corrected chi connectivity index (χ4v) is 4.67. The predicted octanol–water partition coefficient (Wildman–Crippen LogP) is 4.48. The Hall–Kier alpha value is -3.02. The average Bonchev–Trinajstić information content (AvgIpc) is 3.03. The van der Waals surface area contributed by atoms with Crippen molar-refractivity contribution in [3.05, 3.63) is 98.3 Å². The lowest BCUT2D eigenvalue weighted by molar-refractivity contribution is 0.0980. The summed E-state index contributed by atoms with van der Waals surface area (Å²) in [5.41, 5.74) is 1.87. The molecule has 4 nitrogen and oxygen atoms in total. The van der Waals surface area contributed by atoms with E-state index in [0.717, 1.165) is 0 Å². The minimum absolute atomic E-state index is 0.194. The highest BCUT2D eigenvalue weighted by molar-refractivity contribution is 7.14. The van der Waals surface area contributed by atoms with Crippen molar-refractivity contribution in [2.45, 2.75) is 0 Å². The molecule has 0 atom stereocenters. The van der Waals surface area contributed by atoms with Crippen LogP contribution < -0.4 is 5.56 Å². The summed E-state index contributed by atoms with van der Waals surface area (Å²) in [7, 11) is 0. The third-order valence-corrected chi connectivity index (χ3v) is 6.12. The number of carbonyl (C=O) groups is 2. The van der Waals surface area contributed by atoms with Gasteiger partial charge < -0.3 is 0 Å². The van der Waals surface area contributed by atoms with Crippen LogP contribution in [0.1, 0.15) is 31.8 Å². The number of hydrogen-bond donors (Lipinski definition) is 0. The molecule has 0 unspecified atom stereocenters. The molecule has 130 valence electrons. The van der Waals surface area contributed by atoms with E-state index in [9.17, 15) is 14.4 Å². The first-order valence-corrected chi connectivity index (χ1v) is 9.35. The van der Waals surface area contributed by atoms with Crippen molar-refractivity contribution in [1.82, 2.24) is 3.96 Å². The van der Waals surface area contributed by atoms with E-state index in [0.29, 0.717) is 43.0 Å². The first kappa shape index (κ1) is 16.2. The molecule has 0 radical (unpaired) electrons. The highest BCUT2D eigenvalue weighted by Crippen LogP contribution is 2.34. The van der Waals surface area contributed by atoms with E-state index in [-0.39, 0.29) is 17.1 Å². The van der Waals surface area contributed by atoms with Gasteiger partial charge in [-0.15, -0.1) is 0 Å². The van der Waals surface area contributed by atoms with Gasteiger partial charge in [0.1, 0.15) is 0 Å². The van der Waals surface area contributed by atoms with Crippen LogP contribution in [-0.4, -0.2) is 15.5 Å². The van der Waals surface area contributed by atoms with E-state index >= 15 is 0 Å². The molecule has 0 N–H and O–H groups in total. The Morgan fingerprint density at radius 1 is 0.741 bits per heavy atom. The van der Waals surface area contributed by atoms with Crippen LogP contribution >= 0.6 is 23.1 Å². The molecule has 1 aliphatic rings. The van der Waals surface area contributed by atoms with Gasteiger partial charge in [0.25, 0.3) is 5.56 Å². The molecule has 0 spiro atoms. The second-order valence-electron chi connectivity index (χ2n) is 6.24. The third-order valence-electron chi connectivity index (χ3n) is 4.70. The zero-order chi connectivity index (χ0) is 18.7. The number of hydrogen-bond acceptors (Lipinski definition) is 4. The first-order valence-electron chi connectivity index (χ1n) is 8.19. The second-order valence-corrected chi connectivity index (χ2v) is 7.63. The Labute approximate surface area is 162 Å². The van der Waals surface area contributed by atoms with Gasteiger partial charge in [0, 0.05) is 21.7 Å². The molecule has 3 aromatic carbocycles. The molecule has 0 saturated carbocycles. The maximum atomic E-state index is 13.1. The van der Waals surface area contributed by atoms with Crippen molar-refractivity contribution in [3.63, 3.8) is 0 Å². The second kappa shape index (κ2) is 5.74. The van der Waals surface area contributed by atoms with Gasteiger partial charge in [-0.25, -0.2) is 3.96 Å². The number of nitrogens with zero attached hydrogens (tertiary/aromatic N) is 1. The highest BCUT2D eigenvalue weighted by Gasteiger charge is 2.32. The summed E-state index contributed by atoms with van der Waals surface area (Å²) in [6.45, 7) is 0. The van der Waals surface area contributed by atoms with Crippen molar-refractivity contribution < 1.29 is 9.59 Å². The van der Waals surface area contributed by atoms with Crippen LogP contribution in [0, 0.1) is 0 Å². The lowest BCUT2D eigenvalue weighted by Gasteiger charge is -2.17. The molecular weight excluding hydrogens is 382 g/mol. The molecule has 4 aromatic rings. The van der Waals surface area contributed by atoms with Gasteiger partial charge in [-0.1, -0.05) is 35.9 Å². The molecule has 1 aliphatic carbocycles. The summed E-state index contributed by atoms with van der Waals surface area (Å²) in [6, 6.07) is 16.9. The van der Waals surface area contributed by atoms with E-state index in [1.165, 1.54) is 15.5 Å². The van der Waals surface area contributed by atoms with Gasteiger partial charge in [-0.2, -0.15) is 0 Å². The number of fused-ring (bicyclic) bond motifs is 4. The molecule has 6 heteroatoms. The number of halogens is 1. The topological polar surface area (TPSA) is 56.1 Å². The van der Waals surface area contributed by atoms with Gasteiger partial charge in [-0.3, -0.25) is 14.4 Å². The lowest BCUT2D eigenvalue weighted by Crippen LogP contribution is -2.21. The standard InChI is InChI=1S/C21H10ClNO3S/c22-11-5-7-12(8-6-11)23-21(26)16-10-9-15-17(20(16)27-23)19(25)14-4-2-1-3-13(14)18(15)24/h1-10H. The van der Waals surface area contributed by atoms with Crippen molar-refractivity contribution in [3.8, 4) is 5.69 Å². The normalized spacial score (nSPS) is 12.9. The van der Waals surface area contributed by atoms with E-state index in [1.54, 1.807) is 60.7 Å². The van der Waals surface area contributed by atoms with Crippen molar-refractivity contribution >= 4 is 44.8 Å². The van der Waals surface area contributed by atoms with Crippen LogP contribution in [0.3, 0.4) is 0 Å². The van der Waals surface area contributed by atoms with Gasteiger partial charge in [0.2, 0.25) is 0 Å². The molecule has 0 bridgehead atoms. The fraction of sp³-hybridized carbons (Fsp3) is 0. The fourth-order valence-electron chi connectivity index (χ4n) is 3.41. The van der Waals surface area contributed by atoms with Crippen LogP contribution in [0.5, 0.6) is 0 Å². The molecular formula is C21H10ClNO3S. The van der Waals surface area contributed by atoms with Crippen LogP contribution in [0.4, 0.5) is 0 Å². The Morgan fingerprint density at radius 2 is 1.41 bits per heavy atom. The quantitative estimate of drug-likeness (QED) is 0.423. The van der Waals surface area contributed by atoms with E-state index in [2.05, 4.69) is 0 Å². The number of carbonyl (C=O) groups excluding carboxylic acids is 2. The van der Waals surface area contributed by atoms with Crippen molar-refractivity contribution in [2.24, 2.45) is 0 Å². The van der Waals surface area contributed by atoms with Gasteiger partial charge in [0.15, 0.2) is 11.6 Å². The molecule has 1 heterocycles. The summed E-state index contributed by atoms with van der Waals surface area (Å²) < 4.78 is 2.04. The largest absolute Gasteiger partial charge is 0.289 e. The minimum atomic E-state index is -0.227. The third kappa shape index (κ3) is 2.25. The molecule has 27 heavy (non-hydrogen) atoms. The summed E-state index contributed by atoms with van der Waals surface area (Å²) in [4.78, 5) is 38.8. The Balaban J connectivity index is 1.81. The van der Waals surface area contributed by atoms with Crippen LogP contribution in [0.15, 0.2) is 65.5 Å². The predicted molar refractivity (Wildman–Crippen MR) is 106 cm³/mol. The maximum absolute atomic E-state index is 13.1. The highest BCUT2D eigenvalue weighted by atomic mass is 35.5. The van der Waals surface area contributed by atoms with Crippen molar-refractivity contribution in [1.29, 1.82) is 0 Å². The molecule has 0 amide bonds. The van der Waals surface area contributed by atoms with Crippen LogP contribution in [0.2, 0.25) is 5.02 Å². The Morgan fingerprint density at radius 3 is 2.11 bits per heavy atom. The average molecular weight is 392 g/mol. The van der Waals surface area contributed by atoms with Crippen LogP contribution in [0.25, 0.3) is 15.8 Å². The molecule has 5 rings (SSSR count). The summed E-state index contributed by atoms with van der Waals surface area (Å²) in [5, 5.41) is 0.997. The number of ketones is 2. The molecule has 1 aromatic heterocycles. The maximum Gasteiger partial charge on any atom is 0.273 e. The Bertz CT molecular complexity index is 1330. The lowest BCUT2D eigenvalue weighted by atomic mass is 9.84. The monoisotopic (exact) mass is 391 g/mol. The zero-order valence-electron chi connectivity index (χ0n) is 13.7. The first-order chi connectivity index (χ1) is 13.1. The van der Waals surface area contributed by atoms with E-state index < -0.39 is 0 Å².